The Labute approximate surface area is 210 Å². The summed E-state index contributed by atoms with van der Waals surface area (Å²) in [6.45, 7) is 0.761. The van der Waals surface area contributed by atoms with Crippen molar-refractivity contribution >= 4 is 17.5 Å². The third kappa shape index (κ3) is 7.21. The average Bonchev–Trinajstić information content (AvgIpc) is 3.28. The molecule has 190 valence electrons. The molecule has 0 spiro atoms. The molecule has 1 aliphatic carbocycles. The normalized spacial score (nSPS) is 23.4. The minimum absolute atomic E-state index is 0.0331. The van der Waals surface area contributed by atoms with Crippen molar-refractivity contribution in [1.29, 1.82) is 0 Å². The van der Waals surface area contributed by atoms with Crippen molar-refractivity contribution in [2.75, 3.05) is 26.7 Å². The molecule has 0 aromatic heterocycles. The van der Waals surface area contributed by atoms with Crippen molar-refractivity contribution in [3.63, 3.8) is 0 Å². The van der Waals surface area contributed by atoms with Crippen LogP contribution in [0.1, 0.15) is 59.5 Å². The molecule has 2 aromatic carbocycles. The van der Waals surface area contributed by atoms with Gasteiger partial charge in [-0.3, -0.25) is 9.69 Å². The second-order valence-electron chi connectivity index (χ2n) is 9.89. The number of hydrogen-bond donors (Lipinski definition) is 1. The number of likely N-dealkylation sites (tertiary alicyclic amines) is 1. The molecule has 1 amide bonds. The highest BCUT2D eigenvalue weighted by molar-refractivity contribution is 6.30. The third-order valence-corrected chi connectivity index (χ3v) is 7.63. The fourth-order valence-electron chi connectivity index (χ4n) is 5.32. The van der Waals surface area contributed by atoms with Crippen LogP contribution in [0, 0.1) is 0 Å². The fourth-order valence-corrected chi connectivity index (χ4v) is 5.45. The predicted molar refractivity (Wildman–Crippen MR) is 133 cm³/mol. The first kappa shape index (κ1) is 26.0. The zero-order valence-corrected chi connectivity index (χ0v) is 20.8. The number of halogens is 4. The number of benzene rings is 2. The average molecular weight is 508 g/mol. The molecule has 1 saturated carbocycles. The molecule has 4 rings (SSSR count). The fraction of sp³-hybridized carbons (Fsp3) is 0.519. The highest BCUT2D eigenvalue weighted by Crippen LogP contribution is 2.35. The number of amides is 1. The van der Waals surface area contributed by atoms with Gasteiger partial charge < -0.3 is 10.2 Å². The van der Waals surface area contributed by atoms with Gasteiger partial charge in [0.05, 0.1) is 6.54 Å². The molecule has 8 heteroatoms. The van der Waals surface area contributed by atoms with Crippen LogP contribution in [-0.2, 0) is 6.54 Å². The maximum atomic E-state index is 12.8. The van der Waals surface area contributed by atoms with Crippen molar-refractivity contribution in [2.45, 2.75) is 62.8 Å². The van der Waals surface area contributed by atoms with Crippen LogP contribution in [0.2, 0.25) is 5.02 Å². The summed E-state index contributed by atoms with van der Waals surface area (Å²) in [6, 6.07) is 16.0. The molecule has 2 aromatic rings. The van der Waals surface area contributed by atoms with Crippen LogP contribution in [0.3, 0.4) is 0 Å². The van der Waals surface area contributed by atoms with Crippen LogP contribution in [0.4, 0.5) is 13.2 Å². The van der Waals surface area contributed by atoms with Crippen LogP contribution < -0.4 is 5.32 Å². The van der Waals surface area contributed by atoms with E-state index in [4.69, 9.17) is 11.6 Å². The largest absolute Gasteiger partial charge is 0.401 e. The summed E-state index contributed by atoms with van der Waals surface area (Å²) >= 11 is 5.94. The van der Waals surface area contributed by atoms with E-state index < -0.39 is 12.7 Å². The van der Waals surface area contributed by atoms with Crippen molar-refractivity contribution in [3.05, 3.63) is 70.2 Å². The Morgan fingerprint density at radius 3 is 2.31 bits per heavy atom. The van der Waals surface area contributed by atoms with E-state index >= 15 is 0 Å². The van der Waals surface area contributed by atoms with Gasteiger partial charge in [0.2, 0.25) is 0 Å². The zero-order valence-electron chi connectivity index (χ0n) is 20.0. The van der Waals surface area contributed by atoms with Gasteiger partial charge in [-0.2, -0.15) is 13.2 Å². The Hall–Kier alpha value is -2.09. The summed E-state index contributed by atoms with van der Waals surface area (Å²) in [6.07, 6.45) is 0.632. The first-order valence-electron chi connectivity index (χ1n) is 12.3. The lowest BCUT2D eigenvalue weighted by molar-refractivity contribution is -0.143. The van der Waals surface area contributed by atoms with Gasteiger partial charge in [-0.15, -0.1) is 0 Å². The number of nitrogens with zero attached hydrogens (tertiary/aromatic N) is 2. The lowest BCUT2D eigenvalue weighted by Gasteiger charge is -2.35. The molecule has 35 heavy (non-hydrogen) atoms. The van der Waals surface area contributed by atoms with Gasteiger partial charge in [-0.05, 0) is 73.4 Å². The van der Waals surface area contributed by atoms with E-state index in [9.17, 15) is 18.0 Å². The maximum Gasteiger partial charge on any atom is 0.401 e. The number of alkyl halides is 3. The molecule has 1 atom stereocenters. The van der Waals surface area contributed by atoms with E-state index in [0.29, 0.717) is 36.1 Å². The lowest BCUT2D eigenvalue weighted by Crippen LogP contribution is -2.39. The van der Waals surface area contributed by atoms with E-state index in [1.54, 1.807) is 24.3 Å². The highest BCUT2D eigenvalue weighted by atomic mass is 35.5. The number of carbonyl (C=O) groups excluding carboxylic acids is 1. The summed E-state index contributed by atoms with van der Waals surface area (Å²) in [7, 11) is 1.89. The monoisotopic (exact) mass is 507 g/mol. The molecule has 2 fully saturated rings. The number of hydrogen-bond acceptors (Lipinski definition) is 3. The molecule has 1 saturated heterocycles. The summed E-state index contributed by atoms with van der Waals surface area (Å²) in [5.74, 6) is 0.517. The zero-order chi connectivity index (χ0) is 25.0. The topological polar surface area (TPSA) is 35.6 Å². The first-order chi connectivity index (χ1) is 16.7. The maximum absolute atomic E-state index is 12.8. The van der Waals surface area contributed by atoms with Crippen molar-refractivity contribution in [2.24, 2.45) is 0 Å². The smallest absolute Gasteiger partial charge is 0.339 e. The summed E-state index contributed by atoms with van der Waals surface area (Å²) in [5, 5.41) is 4.03. The highest BCUT2D eigenvalue weighted by Gasteiger charge is 2.34. The number of nitrogens with one attached hydrogen (secondary N) is 1. The molecule has 1 unspecified atom stereocenters. The molecule has 0 radical (unpaired) electrons. The van der Waals surface area contributed by atoms with E-state index in [1.807, 2.05) is 11.9 Å². The Morgan fingerprint density at radius 2 is 1.69 bits per heavy atom. The van der Waals surface area contributed by atoms with Crippen molar-refractivity contribution < 1.29 is 18.0 Å². The minimum atomic E-state index is -4.13. The van der Waals surface area contributed by atoms with E-state index in [-0.39, 0.29) is 18.0 Å². The Bertz CT molecular complexity index is 973. The van der Waals surface area contributed by atoms with Gasteiger partial charge in [0.1, 0.15) is 0 Å². The molecule has 0 bridgehead atoms. The van der Waals surface area contributed by atoms with Crippen molar-refractivity contribution in [3.8, 4) is 0 Å². The second kappa shape index (κ2) is 11.3. The van der Waals surface area contributed by atoms with Crippen LogP contribution in [0.25, 0.3) is 0 Å². The summed E-state index contributed by atoms with van der Waals surface area (Å²) < 4.78 is 37.7. The van der Waals surface area contributed by atoms with Crippen molar-refractivity contribution in [1.82, 2.24) is 15.1 Å². The molecular weight excluding hydrogens is 475 g/mol. The van der Waals surface area contributed by atoms with Crippen LogP contribution >= 0.6 is 11.6 Å². The number of rotatable bonds is 7. The third-order valence-electron chi connectivity index (χ3n) is 7.38. The standard InChI is InChI=1S/C27H33ClF3N3O/c1-33(26(35)22-6-10-23(28)11-7-22)25-12-8-21(9-13-25)20-4-2-19(3-5-20)16-32-24-14-15-34(17-24)18-27(29,30)31/h2-7,10-11,21,24-25,32H,8-9,12-18H2,1H3. The lowest BCUT2D eigenvalue weighted by atomic mass is 9.81. The predicted octanol–water partition coefficient (Wildman–Crippen LogP) is 5.86. The van der Waals surface area contributed by atoms with E-state index in [0.717, 1.165) is 37.7 Å². The Morgan fingerprint density at radius 1 is 1.03 bits per heavy atom. The van der Waals surface area contributed by atoms with Crippen LogP contribution in [0.5, 0.6) is 0 Å². The SMILES string of the molecule is CN(C(=O)c1ccc(Cl)cc1)C1CCC(c2ccc(CNC3CCN(CC(F)(F)F)C3)cc2)CC1. The van der Waals surface area contributed by atoms with Gasteiger partial charge >= 0.3 is 6.18 Å². The summed E-state index contributed by atoms with van der Waals surface area (Å²) in [4.78, 5) is 16.1. The van der Waals surface area contributed by atoms with E-state index in [2.05, 4.69) is 29.6 Å². The molecule has 1 N–H and O–H groups in total. The van der Waals surface area contributed by atoms with Gasteiger partial charge in [-0.25, -0.2) is 0 Å². The quantitative estimate of drug-likeness (QED) is 0.509. The van der Waals surface area contributed by atoms with Crippen LogP contribution in [0.15, 0.2) is 48.5 Å². The van der Waals surface area contributed by atoms with Crippen LogP contribution in [-0.4, -0.2) is 60.6 Å². The Balaban J connectivity index is 1.22. The molecule has 4 nitrogen and oxygen atoms in total. The van der Waals surface area contributed by atoms with Gasteiger partial charge in [0.15, 0.2) is 0 Å². The van der Waals surface area contributed by atoms with Gasteiger partial charge in [-0.1, -0.05) is 35.9 Å². The molecule has 2 aliphatic rings. The van der Waals surface area contributed by atoms with E-state index in [1.165, 1.54) is 10.5 Å². The van der Waals surface area contributed by atoms with Gasteiger partial charge in [0, 0.05) is 49.4 Å². The summed E-state index contributed by atoms with van der Waals surface area (Å²) in [5.41, 5.74) is 3.12. The molecule has 1 heterocycles. The molecule has 1 aliphatic heterocycles. The first-order valence-corrected chi connectivity index (χ1v) is 12.7. The Kier molecular flexibility index (Phi) is 8.40. The minimum Gasteiger partial charge on any atom is -0.339 e. The van der Waals surface area contributed by atoms with Gasteiger partial charge in [0.25, 0.3) is 5.91 Å². The molecular formula is C27H33ClF3N3O. The number of carbonyl (C=O) groups is 1. The second-order valence-corrected chi connectivity index (χ2v) is 10.3.